The molecule has 1 aliphatic rings. The third-order valence-corrected chi connectivity index (χ3v) is 5.63. The minimum absolute atomic E-state index is 0.0865. The zero-order valence-corrected chi connectivity index (χ0v) is 14.9. The molecule has 7 nitrogen and oxygen atoms in total. The van der Waals surface area contributed by atoms with E-state index in [9.17, 15) is 8.42 Å². The molecule has 1 saturated heterocycles. The first-order chi connectivity index (χ1) is 12.1. The fraction of sp³-hybridized carbons (Fsp3) is 0.412. The van der Waals surface area contributed by atoms with E-state index in [2.05, 4.69) is 19.6 Å². The van der Waals surface area contributed by atoms with Gasteiger partial charge in [-0.3, -0.25) is 0 Å². The van der Waals surface area contributed by atoms with E-state index in [1.165, 1.54) is 0 Å². The fourth-order valence-corrected chi connectivity index (χ4v) is 4.13. The van der Waals surface area contributed by atoms with Crippen LogP contribution in [0.25, 0.3) is 0 Å². The van der Waals surface area contributed by atoms with E-state index in [1.54, 1.807) is 42.7 Å². The second-order valence-electron chi connectivity index (χ2n) is 5.84. The topological polar surface area (TPSA) is 84.4 Å². The molecular formula is C17H22N4O3S. The highest BCUT2D eigenvalue weighted by Gasteiger charge is 2.25. The van der Waals surface area contributed by atoms with Gasteiger partial charge in [0.05, 0.1) is 11.5 Å². The molecule has 0 unspecified atom stereocenters. The molecule has 0 bridgehead atoms. The lowest BCUT2D eigenvalue weighted by atomic mass is 10.1. The Morgan fingerprint density at radius 3 is 2.40 bits per heavy atom. The van der Waals surface area contributed by atoms with Gasteiger partial charge in [0, 0.05) is 31.5 Å². The van der Waals surface area contributed by atoms with Gasteiger partial charge in [-0.1, -0.05) is 0 Å². The maximum absolute atomic E-state index is 12.5. The van der Waals surface area contributed by atoms with Crippen LogP contribution in [-0.4, -0.2) is 44.1 Å². The Kier molecular flexibility index (Phi) is 5.50. The van der Waals surface area contributed by atoms with Crippen LogP contribution in [0.15, 0.2) is 47.6 Å². The summed E-state index contributed by atoms with van der Waals surface area (Å²) in [5.41, 5.74) is 0. The van der Waals surface area contributed by atoms with Crippen molar-refractivity contribution in [3.05, 3.63) is 42.7 Å². The third kappa shape index (κ3) is 4.46. The Balaban J connectivity index is 1.59. The summed E-state index contributed by atoms with van der Waals surface area (Å²) >= 11 is 0. The molecule has 1 aliphatic heterocycles. The predicted octanol–water partition coefficient (Wildman–Crippen LogP) is 1.82. The standard InChI is InChI=1S/C17H22N4O3S/c1-2-24-15-4-6-16(7-5-15)25(22,23)20-14-8-12-21(13-9-14)17-18-10-3-11-19-17/h3-7,10-11,14,20H,2,8-9,12-13H2,1H3. The molecule has 1 aromatic heterocycles. The smallest absolute Gasteiger partial charge is 0.240 e. The second kappa shape index (κ2) is 7.79. The van der Waals surface area contributed by atoms with Crippen LogP contribution in [0, 0.1) is 0 Å². The first-order valence-corrected chi connectivity index (χ1v) is 9.84. The summed E-state index contributed by atoms with van der Waals surface area (Å²) in [7, 11) is -3.53. The van der Waals surface area contributed by atoms with Crippen molar-refractivity contribution >= 4 is 16.0 Å². The molecular weight excluding hydrogens is 340 g/mol. The molecule has 0 spiro atoms. The molecule has 1 aromatic carbocycles. The molecule has 1 fully saturated rings. The summed E-state index contributed by atoms with van der Waals surface area (Å²) in [5, 5.41) is 0. The van der Waals surface area contributed by atoms with Crippen molar-refractivity contribution in [2.45, 2.75) is 30.7 Å². The fourth-order valence-electron chi connectivity index (χ4n) is 2.82. The first kappa shape index (κ1) is 17.6. The van der Waals surface area contributed by atoms with Gasteiger partial charge in [0.2, 0.25) is 16.0 Å². The van der Waals surface area contributed by atoms with Crippen LogP contribution < -0.4 is 14.4 Å². The van der Waals surface area contributed by atoms with Crippen molar-refractivity contribution < 1.29 is 13.2 Å². The predicted molar refractivity (Wildman–Crippen MR) is 95.2 cm³/mol. The average Bonchev–Trinajstić information content (AvgIpc) is 2.63. The van der Waals surface area contributed by atoms with Crippen LogP contribution in [0.4, 0.5) is 5.95 Å². The van der Waals surface area contributed by atoms with Gasteiger partial charge in [-0.25, -0.2) is 23.1 Å². The largest absolute Gasteiger partial charge is 0.494 e. The molecule has 25 heavy (non-hydrogen) atoms. The lowest BCUT2D eigenvalue weighted by molar-refractivity contribution is 0.340. The molecule has 0 amide bonds. The first-order valence-electron chi connectivity index (χ1n) is 8.35. The lowest BCUT2D eigenvalue weighted by Gasteiger charge is -2.32. The van der Waals surface area contributed by atoms with Crippen molar-refractivity contribution in [1.29, 1.82) is 0 Å². The van der Waals surface area contributed by atoms with Crippen molar-refractivity contribution in [3.8, 4) is 5.75 Å². The number of sulfonamides is 1. The molecule has 2 heterocycles. The van der Waals surface area contributed by atoms with Crippen LogP contribution in [0.1, 0.15) is 19.8 Å². The highest BCUT2D eigenvalue weighted by molar-refractivity contribution is 7.89. The Bertz CT molecular complexity index is 773. The molecule has 0 atom stereocenters. The summed E-state index contributed by atoms with van der Waals surface area (Å²) in [6, 6.07) is 8.18. The zero-order valence-electron chi connectivity index (χ0n) is 14.1. The van der Waals surface area contributed by atoms with Gasteiger partial charge < -0.3 is 9.64 Å². The van der Waals surface area contributed by atoms with Crippen LogP contribution in [-0.2, 0) is 10.0 Å². The normalized spacial score (nSPS) is 16.0. The molecule has 0 radical (unpaired) electrons. The lowest BCUT2D eigenvalue weighted by Crippen LogP contribution is -2.45. The van der Waals surface area contributed by atoms with Gasteiger partial charge in [0.15, 0.2) is 0 Å². The maximum atomic E-state index is 12.5. The highest BCUT2D eigenvalue weighted by atomic mass is 32.2. The zero-order chi connectivity index (χ0) is 17.7. The number of rotatable bonds is 6. The minimum atomic E-state index is -3.53. The van der Waals surface area contributed by atoms with Crippen LogP contribution >= 0.6 is 0 Å². The number of anilines is 1. The van der Waals surface area contributed by atoms with Crippen LogP contribution in [0.2, 0.25) is 0 Å². The number of nitrogens with zero attached hydrogens (tertiary/aromatic N) is 3. The second-order valence-corrected chi connectivity index (χ2v) is 7.55. The summed E-state index contributed by atoms with van der Waals surface area (Å²) in [6.07, 6.45) is 4.86. The summed E-state index contributed by atoms with van der Waals surface area (Å²) in [5.74, 6) is 1.35. The van der Waals surface area contributed by atoms with E-state index in [0.29, 0.717) is 31.1 Å². The van der Waals surface area contributed by atoms with Gasteiger partial charge in [0.1, 0.15) is 5.75 Å². The van der Waals surface area contributed by atoms with Gasteiger partial charge in [-0.2, -0.15) is 0 Å². The molecule has 134 valence electrons. The summed E-state index contributed by atoms with van der Waals surface area (Å²) < 4.78 is 33.2. The van der Waals surface area contributed by atoms with E-state index in [0.717, 1.165) is 13.1 Å². The van der Waals surface area contributed by atoms with Gasteiger partial charge in [0.25, 0.3) is 0 Å². The number of benzene rings is 1. The minimum Gasteiger partial charge on any atom is -0.494 e. The SMILES string of the molecule is CCOc1ccc(S(=O)(=O)NC2CCN(c3ncccn3)CC2)cc1. The highest BCUT2D eigenvalue weighted by Crippen LogP contribution is 2.19. The monoisotopic (exact) mass is 362 g/mol. The Hall–Kier alpha value is -2.19. The number of aromatic nitrogens is 2. The molecule has 3 rings (SSSR count). The van der Waals surface area contributed by atoms with E-state index in [1.807, 2.05) is 6.92 Å². The Morgan fingerprint density at radius 1 is 1.16 bits per heavy atom. The molecule has 1 N–H and O–H groups in total. The van der Waals surface area contributed by atoms with E-state index >= 15 is 0 Å². The number of hydrogen-bond acceptors (Lipinski definition) is 6. The third-order valence-electron chi connectivity index (χ3n) is 4.10. The number of piperidine rings is 1. The quantitative estimate of drug-likeness (QED) is 0.844. The molecule has 8 heteroatoms. The number of nitrogens with one attached hydrogen (secondary N) is 1. The van der Waals surface area contributed by atoms with Crippen LogP contribution in [0.3, 0.4) is 0 Å². The van der Waals surface area contributed by atoms with Crippen molar-refractivity contribution in [1.82, 2.24) is 14.7 Å². The maximum Gasteiger partial charge on any atom is 0.240 e. The Morgan fingerprint density at radius 2 is 1.80 bits per heavy atom. The van der Waals surface area contributed by atoms with Gasteiger partial charge >= 0.3 is 0 Å². The Labute approximate surface area is 148 Å². The van der Waals surface area contributed by atoms with Gasteiger partial charge in [-0.05, 0) is 50.1 Å². The summed E-state index contributed by atoms with van der Waals surface area (Å²) in [6.45, 7) is 3.88. The van der Waals surface area contributed by atoms with E-state index < -0.39 is 10.0 Å². The molecule has 2 aromatic rings. The van der Waals surface area contributed by atoms with Crippen molar-refractivity contribution in [2.75, 3.05) is 24.6 Å². The molecule has 0 aliphatic carbocycles. The van der Waals surface area contributed by atoms with Crippen molar-refractivity contribution in [3.63, 3.8) is 0 Å². The van der Waals surface area contributed by atoms with Gasteiger partial charge in [-0.15, -0.1) is 0 Å². The summed E-state index contributed by atoms with van der Waals surface area (Å²) in [4.78, 5) is 10.8. The van der Waals surface area contributed by atoms with E-state index in [-0.39, 0.29) is 10.9 Å². The molecule has 0 saturated carbocycles. The number of ether oxygens (including phenoxy) is 1. The number of hydrogen-bond donors (Lipinski definition) is 1. The van der Waals surface area contributed by atoms with Crippen molar-refractivity contribution in [2.24, 2.45) is 0 Å². The van der Waals surface area contributed by atoms with Crippen LogP contribution in [0.5, 0.6) is 5.75 Å². The van der Waals surface area contributed by atoms with E-state index in [4.69, 9.17) is 4.74 Å². The average molecular weight is 362 g/mol.